The van der Waals surface area contributed by atoms with Gasteiger partial charge in [-0.05, 0) is 70.6 Å². The van der Waals surface area contributed by atoms with Gasteiger partial charge in [0.2, 0.25) is 0 Å². The van der Waals surface area contributed by atoms with E-state index in [0.29, 0.717) is 36.7 Å². The lowest BCUT2D eigenvalue weighted by molar-refractivity contribution is -0.870. The maximum absolute atomic E-state index is 12.6. The maximum atomic E-state index is 12.6. The molecule has 3 atom stereocenters. The van der Waals surface area contributed by atoms with Gasteiger partial charge in [-0.3, -0.25) is 18.6 Å². The Balaban J connectivity index is 4.61. The van der Waals surface area contributed by atoms with Crippen molar-refractivity contribution >= 4 is 19.8 Å². The van der Waals surface area contributed by atoms with Crippen molar-refractivity contribution in [2.24, 2.45) is 0 Å². The fraction of sp³-hybridized carbons (Fsp3) is 0.727. The van der Waals surface area contributed by atoms with Gasteiger partial charge < -0.3 is 24.0 Å². The molecule has 0 radical (unpaired) electrons. The Bertz CT molecular complexity index is 1140. The lowest BCUT2D eigenvalue weighted by Gasteiger charge is -2.24. The van der Waals surface area contributed by atoms with Gasteiger partial charge in [0, 0.05) is 12.8 Å². The molecule has 0 aromatic heterocycles. The first-order valence-electron chi connectivity index (χ1n) is 21.1. The molecule has 0 aromatic rings. The van der Waals surface area contributed by atoms with Crippen LogP contribution in [0, 0.1) is 0 Å². The molecular weight excluding hydrogens is 717 g/mol. The summed E-state index contributed by atoms with van der Waals surface area (Å²) in [4.78, 5) is 35.3. The minimum atomic E-state index is -4.41. The van der Waals surface area contributed by atoms with E-state index >= 15 is 0 Å². The lowest BCUT2D eigenvalue weighted by atomic mass is 10.1. The van der Waals surface area contributed by atoms with Gasteiger partial charge in [0.05, 0.1) is 33.9 Å². The number of quaternary nitrogens is 1. The number of hydrogen-bond acceptors (Lipinski definition) is 8. The molecule has 55 heavy (non-hydrogen) atoms. The Labute approximate surface area is 335 Å². The summed E-state index contributed by atoms with van der Waals surface area (Å²) in [5.41, 5.74) is 0. The van der Waals surface area contributed by atoms with Crippen LogP contribution in [-0.4, -0.2) is 86.1 Å². The van der Waals surface area contributed by atoms with Gasteiger partial charge in [-0.15, -0.1) is 0 Å². The zero-order valence-corrected chi connectivity index (χ0v) is 36.1. The molecular formula is C44H79NO9P+. The number of phosphoric ester groups is 1. The first-order chi connectivity index (χ1) is 26.4. The number of likely N-dealkylation sites (N-methyl/N-ethyl adjacent to an activating group) is 1. The fourth-order valence-corrected chi connectivity index (χ4v) is 5.94. The SMILES string of the molecule is CCCCC/C=C\C/C=C\CC(O)/C=C\C=C\CCCC(=O)O[C@H](COC(=O)CCCCCCC/C=C\CCCCCC)COP(=O)(O)OCC[N+](C)(C)C. The van der Waals surface area contributed by atoms with Crippen LogP contribution in [0.25, 0.3) is 0 Å². The molecule has 0 rings (SSSR count). The maximum Gasteiger partial charge on any atom is 0.472 e. The van der Waals surface area contributed by atoms with Crippen LogP contribution in [-0.2, 0) is 32.7 Å². The topological polar surface area (TPSA) is 129 Å². The van der Waals surface area contributed by atoms with Crippen molar-refractivity contribution in [3.8, 4) is 0 Å². The van der Waals surface area contributed by atoms with E-state index in [4.69, 9.17) is 18.5 Å². The number of nitrogens with zero attached hydrogens (tertiary/aromatic N) is 1. The molecule has 0 aliphatic heterocycles. The number of carbonyl (C=O) groups excluding carboxylic acids is 2. The predicted octanol–water partition coefficient (Wildman–Crippen LogP) is 10.7. The van der Waals surface area contributed by atoms with E-state index in [0.717, 1.165) is 51.4 Å². The number of aliphatic hydroxyl groups is 1. The Kier molecular flexibility index (Phi) is 34.5. The van der Waals surface area contributed by atoms with Crippen LogP contribution in [0.15, 0.2) is 60.8 Å². The van der Waals surface area contributed by atoms with Gasteiger partial charge >= 0.3 is 19.8 Å². The molecule has 0 aliphatic carbocycles. The highest BCUT2D eigenvalue weighted by Crippen LogP contribution is 2.43. The van der Waals surface area contributed by atoms with Crippen LogP contribution in [0.3, 0.4) is 0 Å². The summed E-state index contributed by atoms with van der Waals surface area (Å²) < 4.78 is 34.1. The molecule has 0 saturated carbocycles. The zero-order chi connectivity index (χ0) is 40.9. The molecule has 318 valence electrons. The molecule has 10 nitrogen and oxygen atoms in total. The normalized spacial score (nSPS) is 14.8. The van der Waals surface area contributed by atoms with Crippen molar-refractivity contribution in [2.45, 2.75) is 161 Å². The third-order valence-corrected chi connectivity index (χ3v) is 9.58. The van der Waals surface area contributed by atoms with Crippen molar-refractivity contribution in [3.05, 3.63) is 60.8 Å². The zero-order valence-electron chi connectivity index (χ0n) is 35.3. The monoisotopic (exact) mass is 797 g/mol. The van der Waals surface area contributed by atoms with Crippen LogP contribution in [0.2, 0.25) is 0 Å². The molecule has 0 bridgehead atoms. The summed E-state index contributed by atoms with van der Waals surface area (Å²) in [6.45, 7) is 4.17. The Morgan fingerprint density at radius 3 is 1.91 bits per heavy atom. The number of rotatable bonds is 37. The number of carbonyl (C=O) groups is 2. The summed E-state index contributed by atoms with van der Waals surface area (Å²) in [6, 6.07) is 0. The second kappa shape index (κ2) is 36.0. The first-order valence-corrected chi connectivity index (χ1v) is 22.6. The summed E-state index contributed by atoms with van der Waals surface area (Å²) in [6.07, 6.45) is 38.7. The molecule has 0 aromatic carbocycles. The van der Waals surface area contributed by atoms with Gasteiger partial charge in [0.1, 0.15) is 19.8 Å². The third kappa shape index (κ3) is 39.7. The van der Waals surface area contributed by atoms with Crippen molar-refractivity contribution in [3.63, 3.8) is 0 Å². The number of ether oxygens (including phenoxy) is 2. The van der Waals surface area contributed by atoms with Gasteiger partial charge in [-0.2, -0.15) is 0 Å². The van der Waals surface area contributed by atoms with Gasteiger partial charge in [0.15, 0.2) is 6.10 Å². The molecule has 0 saturated heterocycles. The molecule has 11 heteroatoms. The number of aliphatic hydroxyl groups excluding tert-OH is 1. The average Bonchev–Trinajstić information content (AvgIpc) is 3.12. The summed E-state index contributed by atoms with van der Waals surface area (Å²) >= 11 is 0. The highest BCUT2D eigenvalue weighted by molar-refractivity contribution is 7.47. The van der Waals surface area contributed by atoms with E-state index in [1.807, 2.05) is 39.4 Å². The minimum Gasteiger partial charge on any atom is -0.462 e. The fourth-order valence-electron chi connectivity index (χ4n) is 5.20. The summed E-state index contributed by atoms with van der Waals surface area (Å²) in [7, 11) is 1.38. The largest absolute Gasteiger partial charge is 0.472 e. The third-order valence-electron chi connectivity index (χ3n) is 8.60. The van der Waals surface area contributed by atoms with Crippen LogP contribution in [0.4, 0.5) is 0 Å². The average molecular weight is 797 g/mol. The van der Waals surface area contributed by atoms with E-state index in [9.17, 15) is 24.2 Å². The summed E-state index contributed by atoms with van der Waals surface area (Å²) in [5, 5.41) is 10.1. The standard InChI is InChI=1S/C44H78NO9P/c1-6-8-10-12-14-16-17-18-19-21-23-27-31-35-43(47)51-39-42(40-53-55(49,50)52-38-37-45(3,4)5)54-44(48)36-32-28-24-26-30-34-41(46)33-29-25-22-20-15-13-11-9-7-2/h15-17,20,24-26,29-30,34,41-42,46H,6-14,18-19,21-23,27-28,31-33,35-40H2,1-5H3/p+1/b17-16-,20-15-,26-24+,29-25-,34-30-/t41?,42-/m1/s1. The van der Waals surface area contributed by atoms with E-state index in [2.05, 4.69) is 44.2 Å². The molecule has 0 aliphatic rings. The highest BCUT2D eigenvalue weighted by Gasteiger charge is 2.27. The van der Waals surface area contributed by atoms with Crippen LogP contribution < -0.4 is 0 Å². The smallest absolute Gasteiger partial charge is 0.462 e. The van der Waals surface area contributed by atoms with Crippen LogP contribution in [0.5, 0.6) is 0 Å². The number of esters is 2. The molecule has 0 heterocycles. The van der Waals surface area contributed by atoms with Gasteiger partial charge in [0.25, 0.3) is 0 Å². The highest BCUT2D eigenvalue weighted by atomic mass is 31.2. The summed E-state index contributed by atoms with van der Waals surface area (Å²) in [5.74, 6) is -0.945. The van der Waals surface area contributed by atoms with Gasteiger partial charge in [-0.25, -0.2) is 4.57 Å². The van der Waals surface area contributed by atoms with Gasteiger partial charge in [-0.1, -0.05) is 126 Å². The number of phosphoric acid groups is 1. The molecule has 0 spiro atoms. The Hall–Kier alpha value is -2.33. The second-order valence-corrected chi connectivity index (χ2v) is 16.7. The quantitative estimate of drug-likeness (QED) is 0.0158. The van der Waals surface area contributed by atoms with Crippen molar-refractivity contribution in [1.29, 1.82) is 0 Å². The number of hydrogen-bond donors (Lipinski definition) is 2. The van der Waals surface area contributed by atoms with E-state index in [1.165, 1.54) is 44.9 Å². The molecule has 0 fully saturated rings. The van der Waals surface area contributed by atoms with E-state index in [-0.39, 0.29) is 26.1 Å². The number of unbranched alkanes of at least 4 members (excludes halogenated alkanes) is 13. The first kappa shape index (κ1) is 52.7. The molecule has 0 amide bonds. The van der Waals surface area contributed by atoms with Crippen molar-refractivity contribution < 1.29 is 47.2 Å². The van der Waals surface area contributed by atoms with E-state index < -0.39 is 38.6 Å². The van der Waals surface area contributed by atoms with Crippen LogP contribution >= 0.6 is 7.82 Å². The minimum absolute atomic E-state index is 0.00236. The van der Waals surface area contributed by atoms with Crippen molar-refractivity contribution in [1.82, 2.24) is 0 Å². The van der Waals surface area contributed by atoms with Crippen molar-refractivity contribution in [2.75, 3.05) is 47.5 Å². The Morgan fingerprint density at radius 2 is 1.22 bits per heavy atom. The van der Waals surface area contributed by atoms with Crippen LogP contribution in [0.1, 0.15) is 149 Å². The number of allylic oxidation sites excluding steroid dienone is 8. The lowest BCUT2D eigenvalue weighted by Crippen LogP contribution is -2.37. The second-order valence-electron chi connectivity index (χ2n) is 15.2. The Morgan fingerprint density at radius 1 is 0.655 bits per heavy atom. The van der Waals surface area contributed by atoms with E-state index in [1.54, 1.807) is 12.2 Å². The predicted molar refractivity (Wildman–Crippen MR) is 225 cm³/mol. The molecule has 2 unspecified atom stereocenters. The molecule has 2 N–H and O–H groups in total.